The van der Waals surface area contributed by atoms with E-state index in [2.05, 4.69) is 19.9 Å². The molecule has 0 aromatic heterocycles. The number of aliphatic hydroxyl groups is 7. The van der Waals surface area contributed by atoms with E-state index in [1.807, 2.05) is 27.7 Å². The van der Waals surface area contributed by atoms with Crippen molar-refractivity contribution in [1.82, 2.24) is 0 Å². The second kappa shape index (κ2) is 21.8. The van der Waals surface area contributed by atoms with E-state index in [-0.39, 0.29) is 18.8 Å². The number of aliphatic hydroxyl groups excluding tert-OH is 7. The molecule has 0 aromatic rings. The molecular formula is C55H84O21. The fourth-order valence-electron chi connectivity index (χ4n) is 15.4. The van der Waals surface area contributed by atoms with Crippen LogP contribution >= 0.6 is 0 Å². The first-order valence-electron chi connectivity index (χ1n) is 26.8. The van der Waals surface area contributed by atoms with Crippen molar-refractivity contribution >= 4 is 29.8 Å². The minimum absolute atomic E-state index is 0.162. The largest absolute Gasteiger partial charge is 0.469 e. The van der Waals surface area contributed by atoms with Crippen LogP contribution in [0.3, 0.4) is 0 Å². The number of esters is 5. The molecule has 0 radical (unpaired) electrons. The first-order chi connectivity index (χ1) is 35.5. The number of carbonyl (C=O) groups is 5. The lowest BCUT2D eigenvalue weighted by atomic mass is 9.32. The van der Waals surface area contributed by atoms with E-state index in [4.69, 9.17) is 42.6 Å². The molecule has 76 heavy (non-hydrogen) atoms. The summed E-state index contributed by atoms with van der Waals surface area (Å²) in [5.74, 6) is -5.80. The van der Waals surface area contributed by atoms with Crippen molar-refractivity contribution < 1.29 is 102 Å². The van der Waals surface area contributed by atoms with E-state index in [9.17, 15) is 59.7 Å². The van der Waals surface area contributed by atoms with Crippen molar-refractivity contribution in [3.63, 3.8) is 0 Å². The first-order valence-corrected chi connectivity index (χ1v) is 26.8. The maximum Gasteiger partial charge on any atom is 0.337 e. The van der Waals surface area contributed by atoms with E-state index in [0.717, 1.165) is 12.7 Å². The Morgan fingerprint density at radius 2 is 1.47 bits per heavy atom. The summed E-state index contributed by atoms with van der Waals surface area (Å²) in [4.78, 5) is 69.0. The third-order valence-corrected chi connectivity index (χ3v) is 20.2. The molecule has 4 saturated carbocycles. The highest BCUT2D eigenvalue weighted by Crippen LogP contribution is 2.76. The average molecular weight is 1080 g/mol. The van der Waals surface area contributed by atoms with Gasteiger partial charge >= 0.3 is 29.8 Å². The van der Waals surface area contributed by atoms with Crippen molar-refractivity contribution in [2.75, 3.05) is 27.4 Å². The van der Waals surface area contributed by atoms with Gasteiger partial charge in [0.1, 0.15) is 54.9 Å². The summed E-state index contributed by atoms with van der Waals surface area (Å²) in [6.07, 6.45) is -16.3. The molecule has 6 fully saturated rings. The minimum Gasteiger partial charge on any atom is -0.469 e. The van der Waals surface area contributed by atoms with Crippen LogP contribution in [0.25, 0.3) is 0 Å². The van der Waals surface area contributed by atoms with Crippen LogP contribution in [0.5, 0.6) is 0 Å². The van der Waals surface area contributed by atoms with Gasteiger partial charge in [0.2, 0.25) is 0 Å². The number of fused-ring (bicyclic) bond motifs is 7. The van der Waals surface area contributed by atoms with Crippen LogP contribution in [0.1, 0.15) is 121 Å². The summed E-state index contributed by atoms with van der Waals surface area (Å²) >= 11 is 0. The fourth-order valence-corrected chi connectivity index (χ4v) is 15.4. The monoisotopic (exact) mass is 1080 g/mol. The summed E-state index contributed by atoms with van der Waals surface area (Å²) in [5, 5.41) is 79.8. The van der Waals surface area contributed by atoms with Crippen LogP contribution in [-0.4, -0.2) is 179 Å². The van der Waals surface area contributed by atoms with Crippen LogP contribution in [-0.2, 0) is 66.6 Å². The van der Waals surface area contributed by atoms with Crippen LogP contribution in [0, 0.1) is 56.2 Å². The molecule has 7 N–H and O–H groups in total. The van der Waals surface area contributed by atoms with Crippen molar-refractivity contribution in [1.29, 1.82) is 0 Å². The topological polar surface area (TPSA) is 310 Å². The second-order valence-electron chi connectivity index (χ2n) is 24.3. The summed E-state index contributed by atoms with van der Waals surface area (Å²) in [6, 6.07) is 0. The molecule has 7 aliphatic rings. The normalized spacial score (nSPS) is 46.2. The van der Waals surface area contributed by atoms with Gasteiger partial charge in [-0.25, -0.2) is 9.59 Å². The summed E-state index contributed by atoms with van der Waals surface area (Å²) in [6.45, 7) is 18.6. The number of methoxy groups -OCH3 is 2. The SMILES string of the molecule is CC=C(C)C(=O)OC1C(OC(=O)C(C)CC)C2(CO)C(CC1(C)C)C1=CCC3C4(C)CCC(OC5OC(C(=O)OC)C(O)C(OC6OCC(O)C(O)C6O)C5O)C(C)(C(=O)OC)C4CCC3(C)C1(C)C(O)C2OC(C)=O. The molecule has 0 amide bonds. The molecule has 2 heterocycles. The molecule has 2 saturated heterocycles. The van der Waals surface area contributed by atoms with Gasteiger partial charge in [-0.15, -0.1) is 0 Å². The third kappa shape index (κ3) is 9.25. The Hall–Kier alpha value is -3.61. The zero-order chi connectivity index (χ0) is 56.6. The Kier molecular flexibility index (Phi) is 17.2. The van der Waals surface area contributed by atoms with Gasteiger partial charge in [-0.1, -0.05) is 66.2 Å². The highest BCUT2D eigenvalue weighted by atomic mass is 16.7. The Balaban J connectivity index is 1.29. The Bertz CT molecular complexity index is 2270. The smallest absolute Gasteiger partial charge is 0.337 e. The van der Waals surface area contributed by atoms with E-state index in [0.29, 0.717) is 37.7 Å². The molecule has 0 aromatic carbocycles. The maximum atomic E-state index is 14.6. The molecule has 0 spiro atoms. The molecule has 5 aliphatic carbocycles. The summed E-state index contributed by atoms with van der Waals surface area (Å²) in [5.41, 5.74) is -5.77. The molecule has 0 bridgehead atoms. The molecule has 7 rings (SSSR count). The van der Waals surface area contributed by atoms with Gasteiger partial charge in [-0.3, -0.25) is 14.4 Å². The Labute approximate surface area is 444 Å². The molecule has 430 valence electrons. The average Bonchev–Trinajstić information content (AvgIpc) is 3.38. The van der Waals surface area contributed by atoms with Crippen molar-refractivity contribution in [3.05, 3.63) is 23.3 Å². The van der Waals surface area contributed by atoms with Gasteiger partial charge in [-0.2, -0.15) is 0 Å². The van der Waals surface area contributed by atoms with Gasteiger partial charge < -0.3 is 78.4 Å². The number of hydrogen-bond acceptors (Lipinski definition) is 21. The zero-order valence-corrected chi connectivity index (χ0v) is 46.3. The third-order valence-electron chi connectivity index (χ3n) is 20.2. The first kappa shape index (κ1) is 60.0. The predicted octanol–water partition coefficient (Wildman–Crippen LogP) is 2.33. The summed E-state index contributed by atoms with van der Waals surface area (Å²) < 4.78 is 53.4. The van der Waals surface area contributed by atoms with Crippen molar-refractivity contribution in [2.24, 2.45) is 56.2 Å². The molecule has 21 heteroatoms. The lowest BCUT2D eigenvalue weighted by Gasteiger charge is -2.73. The minimum atomic E-state index is -1.92. The maximum absolute atomic E-state index is 14.6. The number of allylic oxidation sites excluding steroid dienone is 2. The van der Waals surface area contributed by atoms with Gasteiger partial charge in [0.15, 0.2) is 24.8 Å². The van der Waals surface area contributed by atoms with E-state index in [1.54, 1.807) is 33.8 Å². The highest BCUT2D eigenvalue weighted by molar-refractivity contribution is 5.88. The van der Waals surface area contributed by atoms with Crippen molar-refractivity contribution in [3.8, 4) is 0 Å². The van der Waals surface area contributed by atoms with Crippen LogP contribution < -0.4 is 0 Å². The molecular weight excluding hydrogens is 997 g/mol. The van der Waals surface area contributed by atoms with Crippen molar-refractivity contribution in [2.45, 2.75) is 207 Å². The number of carbonyl (C=O) groups excluding carboxylic acids is 5. The quantitative estimate of drug-likeness (QED) is 0.0458. The number of rotatable bonds is 13. The molecule has 2 aliphatic heterocycles. The predicted molar refractivity (Wildman–Crippen MR) is 264 cm³/mol. The second-order valence-corrected chi connectivity index (χ2v) is 24.3. The van der Waals surface area contributed by atoms with E-state index < -0.39 is 179 Å². The van der Waals surface area contributed by atoms with Gasteiger partial charge in [0, 0.05) is 23.3 Å². The Morgan fingerprint density at radius 1 is 0.803 bits per heavy atom. The van der Waals surface area contributed by atoms with E-state index in [1.165, 1.54) is 14.0 Å². The van der Waals surface area contributed by atoms with Crippen LogP contribution in [0.15, 0.2) is 23.3 Å². The van der Waals surface area contributed by atoms with E-state index >= 15 is 0 Å². The lowest BCUT2D eigenvalue weighted by Crippen LogP contribution is -2.77. The Morgan fingerprint density at radius 3 is 2.07 bits per heavy atom. The van der Waals surface area contributed by atoms with Crippen LogP contribution in [0.2, 0.25) is 0 Å². The summed E-state index contributed by atoms with van der Waals surface area (Å²) in [7, 11) is 2.32. The number of ether oxygens (including phenoxy) is 9. The lowest BCUT2D eigenvalue weighted by molar-refractivity contribution is -0.357. The van der Waals surface area contributed by atoms with Crippen LogP contribution in [0.4, 0.5) is 0 Å². The molecule has 21 nitrogen and oxygen atoms in total. The van der Waals surface area contributed by atoms with Gasteiger partial charge in [0.25, 0.3) is 0 Å². The fraction of sp³-hybridized carbons (Fsp3) is 0.836. The van der Waals surface area contributed by atoms with Gasteiger partial charge in [0.05, 0.1) is 50.3 Å². The number of hydrogen-bond donors (Lipinski definition) is 7. The molecule has 23 atom stereocenters. The molecule has 23 unspecified atom stereocenters. The zero-order valence-electron chi connectivity index (χ0n) is 46.3. The standard InChI is InChI=1S/C55H84O21/c1-14-25(3)44(64)75-42-43(76-45(65)26(4)15-2)55(24-56)29(22-50(42,6)7)28-16-17-31-51(8)20-19-33(53(10,49(67)69-13)32(51)18-21-52(31,9)54(28,11)40(63)41(55)71-27(5)57)72-48-37(62)38(36(61)39(74-48)46(66)68-12)73-47-35(60)34(59)30(58)23-70-47/h14,16,26,29-43,47-48,56,58-63H,15,17-24H2,1-13H3. The van der Waals surface area contributed by atoms with Gasteiger partial charge in [-0.05, 0) is 94.3 Å². The highest BCUT2D eigenvalue weighted by Gasteiger charge is 2.78.